The molecule has 1 aromatic rings. The summed E-state index contributed by atoms with van der Waals surface area (Å²) in [5, 5.41) is -0.227. The first-order valence-electron chi connectivity index (χ1n) is 3.47. The molecule has 0 fully saturated rings. The first-order valence-corrected chi connectivity index (χ1v) is 4.60. The molecule has 1 rings (SSSR count). The molecular formula is C8H4Cl3F3. The maximum atomic E-state index is 12.6. The van der Waals surface area contributed by atoms with Gasteiger partial charge < -0.3 is 0 Å². The van der Waals surface area contributed by atoms with Crippen molar-refractivity contribution in [2.75, 3.05) is 0 Å². The number of rotatable bonds is 2. The first kappa shape index (κ1) is 12.0. The van der Waals surface area contributed by atoms with E-state index in [4.69, 9.17) is 34.8 Å². The van der Waals surface area contributed by atoms with Crippen LogP contribution in [0.5, 0.6) is 0 Å². The molecule has 1 aromatic carbocycles. The second kappa shape index (κ2) is 4.17. The van der Waals surface area contributed by atoms with Crippen LogP contribution in [-0.2, 0) is 4.33 Å². The third kappa shape index (κ3) is 2.27. The lowest BCUT2D eigenvalue weighted by molar-refractivity contribution is 0.127. The lowest BCUT2D eigenvalue weighted by Gasteiger charge is -2.19. The van der Waals surface area contributed by atoms with Gasteiger partial charge in [-0.15, -0.1) is 0 Å². The van der Waals surface area contributed by atoms with Crippen LogP contribution in [0.4, 0.5) is 13.2 Å². The van der Waals surface area contributed by atoms with Crippen LogP contribution in [0.25, 0.3) is 0 Å². The number of hydrogen-bond donors (Lipinski definition) is 0. The van der Waals surface area contributed by atoms with E-state index >= 15 is 0 Å². The summed E-state index contributed by atoms with van der Waals surface area (Å²) in [6.45, 7) is 0. The Labute approximate surface area is 93.6 Å². The lowest BCUT2D eigenvalue weighted by Crippen LogP contribution is -2.21. The summed E-state index contributed by atoms with van der Waals surface area (Å²) in [6.07, 6.45) is -3.01. The zero-order valence-electron chi connectivity index (χ0n) is 6.58. The Kier molecular flexibility index (Phi) is 3.56. The molecule has 0 nitrogen and oxygen atoms in total. The Bertz CT molecular complexity index is 339. The quantitative estimate of drug-likeness (QED) is 0.695. The van der Waals surface area contributed by atoms with Crippen molar-refractivity contribution in [2.24, 2.45) is 0 Å². The predicted octanol–water partition coefficient (Wildman–Crippen LogP) is 4.37. The van der Waals surface area contributed by atoms with Gasteiger partial charge in [0.05, 0.1) is 0 Å². The summed E-state index contributed by atoms with van der Waals surface area (Å²) >= 11 is 16.2. The maximum Gasteiger partial charge on any atom is 0.275 e. The van der Waals surface area contributed by atoms with Gasteiger partial charge in [0.1, 0.15) is 5.82 Å². The Morgan fingerprint density at radius 3 is 2.21 bits per heavy atom. The van der Waals surface area contributed by atoms with Crippen molar-refractivity contribution in [1.82, 2.24) is 0 Å². The van der Waals surface area contributed by atoms with Crippen molar-refractivity contribution in [3.05, 3.63) is 34.6 Å². The minimum Gasteiger partial charge on any atom is -0.207 e. The van der Waals surface area contributed by atoms with Gasteiger partial charge in [-0.3, -0.25) is 0 Å². The standard InChI is InChI=1S/C8H4Cl3F3/c9-6-3-4(12)1-2-5(6)8(10,11)7(13)14/h1-3,7H. The summed E-state index contributed by atoms with van der Waals surface area (Å²) in [5.74, 6) is -0.642. The molecule has 0 aliphatic carbocycles. The van der Waals surface area contributed by atoms with Gasteiger partial charge in [0.15, 0.2) is 0 Å². The van der Waals surface area contributed by atoms with Gasteiger partial charge in [-0.25, -0.2) is 13.2 Å². The fourth-order valence-corrected chi connectivity index (χ4v) is 1.62. The third-order valence-corrected chi connectivity index (χ3v) is 2.61. The van der Waals surface area contributed by atoms with E-state index in [2.05, 4.69) is 0 Å². The highest BCUT2D eigenvalue weighted by molar-refractivity contribution is 6.49. The highest BCUT2D eigenvalue weighted by Gasteiger charge is 2.39. The minimum absolute atomic E-state index is 0.209. The van der Waals surface area contributed by atoms with Crippen LogP contribution in [0.2, 0.25) is 5.02 Å². The van der Waals surface area contributed by atoms with E-state index in [9.17, 15) is 13.2 Å². The SMILES string of the molecule is Fc1ccc(C(Cl)(Cl)C(F)F)c(Cl)c1. The molecule has 0 N–H and O–H groups in total. The summed E-state index contributed by atoms with van der Waals surface area (Å²) in [5.41, 5.74) is -0.209. The molecule has 6 heteroatoms. The van der Waals surface area contributed by atoms with Crippen LogP contribution in [0, 0.1) is 5.82 Å². The van der Waals surface area contributed by atoms with E-state index in [1.54, 1.807) is 0 Å². The van der Waals surface area contributed by atoms with Crippen molar-refractivity contribution in [3.63, 3.8) is 0 Å². The summed E-state index contributed by atoms with van der Waals surface area (Å²) in [4.78, 5) is 0. The zero-order chi connectivity index (χ0) is 10.9. The van der Waals surface area contributed by atoms with E-state index in [1.807, 2.05) is 0 Å². The molecule has 0 radical (unpaired) electrons. The Balaban J connectivity index is 3.19. The van der Waals surface area contributed by atoms with Crippen molar-refractivity contribution in [3.8, 4) is 0 Å². The fraction of sp³-hybridized carbons (Fsp3) is 0.250. The minimum atomic E-state index is -3.01. The third-order valence-electron chi connectivity index (χ3n) is 1.56. The molecule has 14 heavy (non-hydrogen) atoms. The van der Waals surface area contributed by atoms with Gasteiger partial charge in [0, 0.05) is 10.6 Å². The van der Waals surface area contributed by atoms with Gasteiger partial charge in [0.25, 0.3) is 6.43 Å². The molecule has 0 heterocycles. The number of halogens is 6. The van der Waals surface area contributed by atoms with Crippen LogP contribution in [0.1, 0.15) is 5.56 Å². The molecule has 0 spiro atoms. The Morgan fingerprint density at radius 2 is 1.79 bits per heavy atom. The van der Waals surface area contributed by atoms with E-state index in [1.165, 1.54) is 0 Å². The molecular weight excluding hydrogens is 259 g/mol. The highest BCUT2D eigenvalue weighted by Crippen LogP contribution is 2.42. The average molecular weight is 263 g/mol. The Morgan fingerprint density at radius 1 is 1.21 bits per heavy atom. The van der Waals surface area contributed by atoms with Crippen molar-refractivity contribution in [1.29, 1.82) is 0 Å². The summed E-state index contributed by atoms with van der Waals surface area (Å²) in [7, 11) is 0. The largest absolute Gasteiger partial charge is 0.275 e. The highest BCUT2D eigenvalue weighted by atomic mass is 35.5. The van der Waals surface area contributed by atoms with Gasteiger partial charge >= 0.3 is 0 Å². The van der Waals surface area contributed by atoms with Crippen LogP contribution in [-0.4, -0.2) is 6.43 Å². The Hall–Kier alpha value is -0.120. The molecule has 78 valence electrons. The molecule has 0 aliphatic heterocycles. The molecule has 0 bridgehead atoms. The van der Waals surface area contributed by atoms with Crippen molar-refractivity contribution >= 4 is 34.8 Å². The number of alkyl halides is 4. The normalized spacial score (nSPS) is 12.2. The van der Waals surface area contributed by atoms with Gasteiger partial charge in [-0.05, 0) is 12.1 Å². The summed E-state index contributed by atoms with van der Waals surface area (Å²) < 4.78 is 34.9. The maximum absolute atomic E-state index is 12.6. The van der Waals surface area contributed by atoms with E-state index in [0.29, 0.717) is 0 Å². The molecule has 0 saturated carbocycles. The van der Waals surface area contributed by atoms with Crippen LogP contribution in [0.3, 0.4) is 0 Å². The monoisotopic (exact) mass is 262 g/mol. The van der Waals surface area contributed by atoms with Crippen molar-refractivity contribution < 1.29 is 13.2 Å². The number of hydrogen-bond acceptors (Lipinski definition) is 0. The van der Waals surface area contributed by atoms with Crippen LogP contribution in [0.15, 0.2) is 18.2 Å². The second-order valence-corrected chi connectivity index (χ2v) is 4.34. The molecule has 0 unspecified atom stereocenters. The van der Waals surface area contributed by atoms with Gasteiger partial charge in [-0.2, -0.15) is 0 Å². The zero-order valence-corrected chi connectivity index (χ0v) is 8.84. The molecule has 0 amide bonds. The first-order chi connectivity index (χ1) is 6.35. The second-order valence-electron chi connectivity index (χ2n) is 2.55. The van der Waals surface area contributed by atoms with Gasteiger partial charge in [0.2, 0.25) is 4.33 Å². The predicted molar refractivity (Wildman–Crippen MR) is 50.8 cm³/mol. The average Bonchev–Trinajstić information content (AvgIpc) is 2.02. The molecule has 0 aliphatic rings. The lowest BCUT2D eigenvalue weighted by atomic mass is 10.1. The molecule has 0 aromatic heterocycles. The molecule has 0 saturated heterocycles. The topological polar surface area (TPSA) is 0 Å². The smallest absolute Gasteiger partial charge is 0.207 e. The summed E-state index contributed by atoms with van der Waals surface area (Å²) in [6, 6.07) is 2.87. The number of benzene rings is 1. The van der Waals surface area contributed by atoms with Gasteiger partial charge in [-0.1, -0.05) is 40.9 Å². The molecule has 0 atom stereocenters. The van der Waals surface area contributed by atoms with Crippen LogP contribution < -0.4 is 0 Å². The fourth-order valence-electron chi connectivity index (χ4n) is 0.877. The van der Waals surface area contributed by atoms with Crippen molar-refractivity contribution in [2.45, 2.75) is 10.8 Å². The van der Waals surface area contributed by atoms with E-state index < -0.39 is 16.6 Å². The van der Waals surface area contributed by atoms with Crippen LogP contribution >= 0.6 is 34.8 Å². The van der Waals surface area contributed by atoms with E-state index in [0.717, 1.165) is 18.2 Å². The van der Waals surface area contributed by atoms with E-state index in [-0.39, 0.29) is 10.6 Å².